The Kier molecular flexibility index (Phi) is 4.88. The van der Waals surface area contributed by atoms with Crippen molar-refractivity contribution in [2.75, 3.05) is 19.7 Å². The number of amides is 1. The van der Waals surface area contributed by atoms with Crippen molar-refractivity contribution in [3.8, 4) is 11.1 Å². The van der Waals surface area contributed by atoms with E-state index in [-0.39, 0.29) is 17.8 Å². The van der Waals surface area contributed by atoms with Crippen LogP contribution in [-0.2, 0) is 11.2 Å². The third-order valence-electron chi connectivity index (χ3n) is 4.50. The van der Waals surface area contributed by atoms with Crippen molar-refractivity contribution in [3.05, 3.63) is 60.3 Å². The molecule has 0 saturated carbocycles. The number of nitrogens with zero attached hydrogens (tertiary/aromatic N) is 5. The lowest BCUT2D eigenvalue weighted by atomic mass is 10.1. The molecule has 3 aromatic heterocycles. The Morgan fingerprint density at radius 3 is 2.78 bits per heavy atom. The van der Waals surface area contributed by atoms with Gasteiger partial charge in [-0.25, -0.2) is 9.97 Å². The second-order valence-electron chi connectivity index (χ2n) is 6.25. The molecule has 0 bridgehead atoms. The first-order valence-electron chi connectivity index (χ1n) is 8.82. The summed E-state index contributed by atoms with van der Waals surface area (Å²) in [5.74, 6) is 0.0911. The molecule has 1 atom stereocenters. The quantitative estimate of drug-likeness (QED) is 0.700. The third kappa shape index (κ3) is 3.70. The van der Waals surface area contributed by atoms with Crippen LogP contribution < -0.4 is 0 Å². The van der Waals surface area contributed by atoms with Crippen molar-refractivity contribution < 1.29 is 14.1 Å². The molecule has 4 rings (SSSR count). The summed E-state index contributed by atoms with van der Waals surface area (Å²) in [6.07, 6.45) is 7.18. The van der Waals surface area contributed by atoms with Crippen LogP contribution >= 0.6 is 0 Å². The van der Waals surface area contributed by atoms with Gasteiger partial charge in [0.1, 0.15) is 12.4 Å². The van der Waals surface area contributed by atoms with Gasteiger partial charge in [0.15, 0.2) is 0 Å². The van der Waals surface area contributed by atoms with Gasteiger partial charge in [-0.2, -0.15) is 0 Å². The minimum atomic E-state index is -0.280. The minimum absolute atomic E-state index is 0.173. The van der Waals surface area contributed by atoms with E-state index in [2.05, 4.69) is 20.1 Å². The van der Waals surface area contributed by atoms with E-state index in [0.29, 0.717) is 19.7 Å². The highest BCUT2D eigenvalue weighted by molar-refractivity contribution is 5.91. The molecular formula is C19H19N5O3. The van der Waals surface area contributed by atoms with Crippen molar-refractivity contribution in [1.82, 2.24) is 25.0 Å². The summed E-state index contributed by atoms with van der Waals surface area (Å²) in [6.45, 7) is 3.34. The average molecular weight is 365 g/mol. The van der Waals surface area contributed by atoms with Crippen molar-refractivity contribution >= 4 is 5.91 Å². The summed E-state index contributed by atoms with van der Waals surface area (Å²) in [6, 6.07) is 5.56. The fourth-order valence-electron chi connectivity index (χ4n) is 2.96. The van der Waals surface area contributed by atoms with Crippen LogP contribution in [0.25, 0.3) is 11.1 Å². The van der Waals surface area contributed by atoms with Gasteiger partial charge in [-0.15, -0.1) is 0 Å². The van der Waals surface area contributed by atoms with Crippen molar-refractivity contribution in [2.45, 2.75) is 19.4 Å². The van der Waals surface area contributed by atoms with E-state index in [9.17, 15) is 4.79 Å². The van der Waals surface area contributed by atoms with Crippen LogP contribution in [0.2, 0.25) is 0 Å². The number of aromatic nitrogens is 4. The van der Waals surface area contributed by atoms with Gasteiger partial charge in [-0.05, 0) is 12.5 Å². The van der Waals surface area contributed by atoms with Crippen LogP contribution in [0.4, 0.5) is 0 Å². The predicted molar refractivity (Wildman–Crippen MR) is 95.7 cm³/mol. The molecule has 0 spiro atoms. The lowest BCUT2D eigenvalue weighted by Gasteiger charge is -2.32. The Labute approximate surface area is 156 Å². The number of morpholine rings is 1. The van der Waals surface area contributed by atoms with E-state index in [0.717, 1.165) is 28.9 Å². The zero-order valence-electron chi connectivity index (χ0n) is 14.9. The Morgan fingerprint density at radius 1 is 1.22 bits per heavy atom. The first-order chi connectivity index (χ1) is 13.2. The van der Waals surface area contributed by atoms with E-state index in [1.54, 1.807) is 29.6 Å². The Morgan fingerprint density at radius 2 is 2.07 bits per heavy atom. The minimum Gasteiger partial charge on any atom is -0.368 e. The van der Waals surface area contributed by atoms with Gasteiger partial charge < -0.3 is 14.2 Å². The number of hydrogen-bond donors (Lipinski definition) is 0. The van der Waals surface area contributed by atoms with Crippen molar-refractivity contribution in [3.63, 3.8) is 0 Å². The summed E-state index contributed by atoms with van der Waals surface area (Å²) >= 11 is 0. The molecular weight excluding hydrogens is 346 g/mol. The first-order valence-corrected chi connectivity index (χ1v) is 8.82. The molecule has 1 saturated heterocycles. The van der Waals surface area contributed by atoms with E-state index in [1.165, 1.54) is 6.33 Å². The molecule has 27 heavy (non-hydrogen) atoms. The molecule has 0 N–H and O–H groups in total. The summed E-state index contributed by atoms with van der Waals surface area (Å²) in [4.78, 5) is 26.9. The molecule has 8 nitrogen and oxygen atoms in total. The van der Waals surface area contributed by atoms with Crippen LogP contribution in [-0.4, -0.2) is 50.6 Å². The SMILES string of the molecule is CCc1cc(C(=O)N2CCO[C@H](c3ccc(-c4cncnc4)cn3)C2)on1. The van der Waals surface area contributed by atoms with Crippen LogP contribution in [0.5, 0.6) is 0 Å². The lowest BCUT2D eigenvalue weighted by molar-refractivity contribution is -0.0258. The van der Waals surface area contributed by atoms with Crippen molar-refractivity contribution in [2.24, 2.45) is 0 Å². The zero-order valence-corrected chi connectivity index (χ0v) is 14.9. The normalized spacial score (nSPS) is 17.1. The van der Waals surface area contributed by atoms with E-state index >= 15 is 0 Å². The standard InChI is InChI=1S/C19H19N5O3/c1-2-15-7-17(27-23-15)19(25)24-5-6-26-18(11-24)16-4-3-13(10-22-16)14-8-20-12-21-9-14/h3-4,7-10,12,18H,2,5-6,11H2,1H3/t18-/m0/s1. The molecule has 1 aliphatic rings. The fraction of sp³-hybridized carbons (Fsp3) is 0.316. The maximum Gasteiger partial charge on any atom is 0.292 e. The second-order valence-corrected chi connectivity index (χ2v) is 6.25. The van der Waals surface area contributed by atoms with E-state index in [1.807, 2.05) is 19.1 Å². The Bertz CT molecular complexity index is 911. The van der Waals surface area contributed by atoms with Gasteiger partial charge >= 0.3 is 0 Å². The topological polar surface area (TPSA) is 94.2 Å². The largest absolute Gasteiger partial charge is 0.368 e. The lowest BCUT2D eigenvalue weighted by Crippen LogP contribution is -2.42. The molecule has 138 valence electrons. The molecule has 1 fully saturated rings. The van der Waals surface area contributed by atoms with Gasteiger partial charge in [0.05, 0.1) is 24.5 Å². The molecule has 0 unspecified atom stereocenters. The number of aryl methyl sites for hydroxylation is 1. The summed E-state index contributed by atoms with van der Waals surface area (Å²) < 4.78 is 11.0. The number of carbonyl (C=O) groups is 1. The maximum absolute atomic E-state index is 12.6. The van der Waals surface area contributed by atoms with Gasteiger partial charge in [0.2, 0.25) is 5.76 Å². The highest BCUT2D eigenvalue weighted by Gasteiger charge is 2.28. The maximum atomic E-state index is 12.6. The molecule has 0 aromatic carbocycles. The van der Waals surface area contributed by atoms with E-state index < -0.39 is 0 Å². The number of rotatable bonds is 4. The number of carbonyl (C=O) groups excluding carboxylic acids is 1. The molecule has 0 radical (unpaired) electrons. The van der Waals surface area contributed by atoms with Crippen LogP contribution in [0.1, 0.15) is 35.0 Å². The summed E-state index contributed by atoms with van der Waals surface area (Å²) in [5, 5.41) is 3.89. The van der Waals surface area contributed by atoms with Crippen molar-refractivity contribution in [1.29, 1.82) is 0 Å². The third-order valence-corrected chi connectivity index (χ3v) is 4.50. The van der Waals surface area contributed by atoms with Crippen LogP contribution in [0.3, 0.4) is 0 Å². The number of hydrogen-bond acceptors (Lipinski definition) is 7. The molecule has 1 aliphatic heterocycles. The average Bonchev–Trinajstić information content (AvgIpc) is 3.23. The molecule has 0 aliphatic carbocycles. The first kappa shape index (κ1) is 17.3. The highest BCUT2D eigenvalue weighted by atomic mass is 16.5. The Balaban J connectivity index is 1.47. The number of ether oxygens (including phenoxy) is 1. The Hall–Kier alpha value is -3.13. The molecule has 1 amide bonds. The molecule has 8 heteroatoms. The fourth-order valence-corrected chi connectivity index (χ4v) is 2.96. The monoisotopic (exact) mass is 365 g/mol. The second kappa shape index (κ2) is 7.63. The van der Waals surface area contributed by atoms with E-state index in [4.69, 9.17) is 9.26 Å². The van der Waals surface area contributed by atoms with Gasteiger partial charge in [0, 0.05) is 42.3 Å². The molecule has 4 heterocycles. The zero-order chi connectivity index (χ0) is 18.6. The van der Waals surface area contributed by atoms with Gasteiger partial charge in [-0.3, -0.25) is 9.78 Å². The molecule has 3 aromatic rings. The van der Waals surface area contributed by atoms with Crippen LogP contribution in [0, 0.1) is 0 Å². The van der Waals surface area contributed by atoms with Gasteiger partial charge in [0.25, 0.3) is 5.91 Å². The predicted octanol–water partition coefficient (Wildman–Crippen LogP) is 2.30. The van der Waals surface area contributed by atoms with Crippen LogP contribution in [0.15, 0.2) is 47.6 Å². The number of pyridine rings is 1. The smallest absolute Gasteiger partial charge is 0.292 e. The highest BCUT2D eigenvalue weighted by Crippen LogP contribution is 2.24. The van der Waals surface area contributed by atoms with Gasteiger partial charge in [-0.1, -0.05) is 18.1 Å². The summed E-state index contributed by atoms with van der Waals surface area (Å²) in [7, 11) is 0. The summed E-state index contributed by atoms with van der Waals surface area (Å²) in [5.41, 5.74) is 3.37.